The summed E-state index contributed by atoms with van der Waals surface area (Å²) in [5, 5.41) is 11.6. The van der Waals surface area contributed by atoms with E-state index in [1.54, 1.807) is 30.3 Å². The van der Waals surface area contributed by atoms with E-state index in [4.69, 9.17) is 9.15 Å². The number of hydrogen-bond acceptors (Lipinski definition) is 6. The molecular weight excluding hydrogens is 537 g/mol. The van der Waals surface area contributed by atoms with E-state index < -0.39 is 29.7 Å². The Hall–Kier alpha value is -4.86. The standard InChI is InChI=1S/C31H27F3N2O5/c1-20-25(36-29(41-20)23-10-6-3-7-11-23)16-17-40-24-14-12-21(13-15-24)18-26(30(38)39)35-28(31(32,33)34)19-27(37)22-8-4-2-5-9-22/h2-15,19,26,35H,16-18H2,1H3,(H,38,39)/b28-19-. The second-order valence-corrected chi connectivity index (χ2v) is 9.16. The Balaban J connectivity index is 1.36. The minimum atomic E-state index is -4.96. The van der Waals surface area contributed by atoms with Crippen molar-refractivity contribution in [1.29, 1.82) is 0 Å². The topological polar surface area (TPSA) is 102 Å². The van der Waals surface area contributed by atoms with Crippen molar-refractivity contribution in [2.45, 2.75) is 32.0 Å². The normalized spacial score (nSPS) is 12.5. The van der Waals surface area contributed by atoms with Gasteiger partial charge in [-0.15, -0.1) is 0 Å². The number of benzene rings is 3. The Morgan fingerprint density at radius 3 is 2.24 bits per heavy atom. The molecule has 0 spiro atoms. The van der Waals surface area contributed by atoms with Crippen LogP contribution >= 0.6 is 0 Å². The predicted octanol–water partition coefficient (Wildman–Crippen LogP) is 6.19. The average molecular weight is 565 g/mol. The van der Waals surface area contributed by atoms with E-state index in [2.05, 4.69) is 4.98 Å². The first-order chi connectivity index (χ1) is 19.6. The lowest BCUT2D eigenvalue weighted by atomic mass is 10.0. The van der Waals surface area contributed by atoms with Crippen molar-refractivity contribution in [3.8, 4) is 17.2 Å². The number of aryl methyl sites for hydroxylation is 1. The number of nitrogens with zero attached hydrogens (tertiary/aromatic N) is 1. The summed E-state index contributed by atoms with van der Waals surface area (Å²) in [6, 6.07) is 21.7. The van der Waals surface area contributed by atoms with Gasteiger partial charge in [-0.25, -0.2) is 9.78 Å². The molecule has 0 amide bonds. The van der Waals surface area contributed by atoms with E-state index in [9.17, 15) is 27.9 Å². The summed E-state index contributed by atoms with van der Waals surface area (Å²) in [5.74, 6) is -0.675. The van der Waals surface area contributed by atoms with Crippen LogP contribution in [0.15, 0.2) is 101 Å². The lowest BCUT2D eigenvalue weighted by molar-refractivity contribution is -0.140. The summed E-state index contributed by atoms with van der Waals surface area (Å²) < 4.78 is 52.5. The van der Waals surface area contributed by atoms with Gasteiger partial charge in [0.2, 0.25) is 5.89 Å². The van der Waals surface area contributed by atoms with Gasteiger partial charge in [-0.1, -0.05) is 60.7 Å². The van der Waals surface area contributed by atoms with Crippen molar-refractivity contribution in [3.63, 3.8) is 0 Å². The van der Waals surface area contributed by atoms with Crippen LogP contribution in [0.4, 0.5) is 13.2 Å². The van der Waals surface area contributed by atoms with Gasteiger partial charge in [-0.05, 0) is 36.8 Å². The van der Waals surface area contributed by atoms with E-state index in [1.807, 2.05) is 42.6 Å². The summed E-state index contributed by atoms with van der Waals surface area (Å²) in [6.45, 7) is 2.13. The zero-order valence-corrected chi connectivity index (χ0v) is 22.0. The second-order valence-electron chi connectivity index (χ2n) is 9.16. The fourth-order valence-corrected chi connectivity index (χ4v) is 4.00. The van der Waals surface area contributed by atoms with E-state index >= 15 is 0 Å². The maximum atomic E-state index is 13.7. The van der Waals surface area contributed by atoms with Crippen molar-refractivity contribution >= 4 is 11.8 Å². The molecular formula is C31H27F3N2O5. The largest absolute Gasteiger partial charge is 0.493 e. The summed E-state index contributed by atoms with van der Waals surface area (Å²) in [6.07, 6.45) is -4.35. The van der Waals surface area contributed by atoms with Crippen LogP contribution in [-0.4, -0.2) is 40.7 Å². The van der Waals surface area contributed by atoms with Crippen LogP contribution in [-0.2, 0) is 17.6 Å². The summed E-state index contributed by atoms with van der Waals surface area (Å²) in [7, 11) is 0. The third-order valence-electron chi connectivity index (χ3n) is 6.15. The number of carboxylic acid groups (broad SMARTS) is 1. The minimum Gasteiger partial charge on any atom is -0.493 e. The molecule has 3 aromatic carbocycles. The molecule has 0 aliphatic rings. The Kier molecular flexibility index (Phi) is 9.23. The van der Waals surface area contributed by atoms with Crippen molar-refractivity contribution in [2.75, 3.05) is 6.61 Å². The molecule has 1 aromatic heterocycles. The highest BCUT2D eigenvalue weighted by Crippen LogP contribution is 2.26. The van der Waals surface area contributed by atoms with Crippen molar-refractivity contribution < 1.29 is 37.0 Å². The Labute approximate surface area is 234 Å². The SMILES string of the molecule is Cc1oc(-c2ccccc2)nc1CCOc1ccc(CC(N/C(=C\C(=O)c2ccccc2)C(F)(F)F)C(=O)O)cc1. The van der Waals surface area contributed by atoms with Crippen LogP contribution in [0.3, 0.4) is 0 Å². The molecule has 0 fully saturated rings. The molecule has 4 aromatic rings. The minimum absolute atomic E-state index is 0.0499. The first-order valence-electron chi connectivity index (χ1n) is 12.7. The van der Waals surface area contributed by atoms with Crippen LogP contribution in [0.2, 0.25) is 0 Å². The number of ether oxygens (including phenoxy) is 1. The molecule has 0 radical (unpaired) electrons. The third kappa shape index (κ3) is 8.07. The van der Waals surface area contributed by atoms with Crippen LogP contribution in [0, 0.1) is 6.92 Å². The van der Waals surface area contributed by atoms with Crippen LogP contribution in [0.1, 0.15) is 27.4 Å². The molecule has 10 heteroatoms. The van der Waals surface area contributed by atoms with Gasteiger partial charge >= 0.3 is 12.1 Å². The van der Waals surface area contributed by atoms with Gasteiger partial charge in [0.15, 0.2) is 5.78 Å². The number of oxazole rings is 1. The van der Waals surface area contributed by atoms with E-state index in [1.165, 1.54) is 24.3 Å². The Morgan fingerprint density at radius 1 is 1.00 bits per heavy atom. The Morgan fingerprint density at radius 2 is 1.63 bits per heavy atom. The molecule has 0 aliphatic carbocycles. The molecule has 41 heavy (non-hydrogen) atoms. The quantitative estimate of drug-likeness (QED) is 0.156. The highest BCUT2D eigenvalue weighted by molar-refractivity contribution is 6.05. The van der Waals surface area contributed by atoms with Crippen LogP contribution in [0.5, 0.6) is 5.75 Å². The highest BCUT2D eigenvalue weighted by Gasteiger charge is 2.37. The van der Waals surface area contributed by atoms with Crippen molar-refractivity contribution in [3.05, 3.63) is 119 Å². The van der Waals surface area contributed by atoms with Crippen LogP contribution in [0.25, 0.3) is 11.5 Å². The molecule has 212 valence electrons. The van der Waals surface area contributed by atoms with Crippen LogP contribution < -0.4 is 10.1 Å². The maximum Gasteiger partial charge on any atom is 0.431 e. The second kappa shape index (κ2) is 13.0. The number of rotatable bonds is 12. The van der Waals surface area contributed by atoms with Gasteiger partial charge in [0.1, 0.15) is 23.2 Å². The molecule has 2 N–H and O–H groups in total. The molecule has 4 rings (SSSR count). The third-order valence-corrected chi connectivity index (χ3v) is 6.15. The molecule has 1 heterocycles. The summed E-state index contributed by atoms with van der Waals surface area (Å²) >= 11 is 0. The summed E-state index contributed by atoms with van der Waals surface area (Å²) in [5.41, 5.74) is 0.711. The molecule has 0 aliphatic heterocycles. The zero-order valence-electron chi connectivity index (χ0n) is 22.0. The van der Waals surface area contributed by atoms with Gasteiger partial charge in [0.25, 0.3) is 0 Å². The van der Waals surface area contributed by atoms with Gasteiger partial charge in [-0.3, -0.25) is 4.79 Å². The first-order valence-corrected chi connectivity index (χ1v) is 12.7. The number of carboxylic acids is 1. The molecule has 0 saturated heterocycles. The number of carbonyl (C=O) groups excluding carboxylic acids is 1. The number of allylic oxidation sites excluding steroid dienone is 2. The maximum absolute atomic E-state index is 13.7. The van der Waals surface area contributed by atoms with E-state index in [-0.39, 0.29) is 12.0 Å². The predicted molar refractivity (Wildman–Crippen MR) is 145 cm³/mol. The fourth-order valence-electron chi connectivity index (χ4n) is 4.00. The van der Waals surface area contributed by atoms with Gasteiger partial charge in [0, 0.05) is 30.0 Å². The molecule has 1 atom stereocenters. The van der Waals surface area contributed by atoms with E-state index in [0.29, 0.717) is 42.1 Å². The summed E-state index contributed by atoms with van der Waals surface area (Å²) in [4.78, 5) is 28.7. The number of carbonyl (C=O) groups is 2. The number of aliphatic carboxylic acids is 1. The number of ketones is 1. The fraction of sp³-hybridized carbons (Fsp3) is 0.194. The Bertz CT molecular complexity index is 1500. The number of alkyl halides is 3. The monoisotopic (exact) mass is 564 g/mol. The smallest absolute Gasteiger partial charge is 0.431 e. The number of hydrogen-bond donors (Lipinski definition) is 2. The van der Waals surface area contributed by atoms with Gasteiger partial charge < -0.3 is 19.6 Å². The van der Waals surface area contributed by atoms with Gasteiger partial charge in [0.05, 0.1) is 12.3 Å². The van der Waals surface area contributed by atoms with E-state index in [0.717, 1.165) is 11.3 Å². The van der Waals surface area contributed by atoms with Crippen molar-refractivity contribution in [2.24, 2.45) is 0 Å². The number of halogens is 3. The molecule has 1 unspecified atom stereocenters. The van der Waals surface area contributed by atoms with Crippen molar-refractivity contribution in [1.82, 2.24) is 10.3 Å². The van der Waals surface area contributed by atoms with Gasteiger partial charge in [-0.2, -0.15) is 13.2 Å². The molecule has 0 bridgehead atoms. The number of nitrogens with one attached hydrogen (secondary N) is 1. The lowest BCUT2D eigenvalue weighted by Crippen LogP contribution is -2.42. The lowest BCUT2D eigenvalue weighted by Gasteiger charge is -2.20. The average Bonchev–Trinajstić information content (AvgIpc) is 3.33. The highest BCUT2D eigenvalue weighted by atomic mass is 19.4. The zero-order chi connectivity index (χ0) is 29.4. The first kappa shape index (κ1) is 29.1. The number of aromatic nitrogens is 1. The molecule has 0 saturated carbocycles. The molecule has 7 nitrogen and oxygen atoms in total.